The van der Waals surface area contributed by atoms with Gasteiger partial charge in [0.15, 0.2) is 11.6 Å². The van der Waals surface area contributed by atoms with Crippen LogP contribution in [0, 0.1) is 11.6 Å². The maximum Gasteiger partial charge on any atom is 0.159 e. The molecule has 0 fully saturated rings. The Balaban J connectivity index is 2.50. The van der Waals surface area contributed by atoms with E-state index in [-0.39, 0.29) is 11.6 Å². The van der Waals surface area contributed by atoms with Crippen LogP contribution in [0.4, 0.5) is 8.78 Å². The molecule has 1 unspecified atom stereocenters. The van der Waals surface area contributed by atoms with Crippen molar-refractivity contribution in [1.82, 2.24) is 5.32 Å². The van der Waals surface area contributed by atoms with Gasteiger partial charge in [-0.15, -0.1) is 0 Å². The van der Waals surface area contributed by atoms with Gasteiger partial charge in [-0.1, -0.05) is 6.07 Å². The summed E-state index contributed by atoms with van der Waals surface area (Å²) >= 11 is 0. The fraction of sp³-hybridized carbons (Fsp3) is 0.571. The van der Waals surface area contributed by atoms with Crippen molar-refractivity contribution in [3.05, 3.63) is 35.4 Å². The highest BCUT2D eigenvalue weighted by molar-refractivity contribution is 5.20. The molecule has 0 aliphatic carbocycles. The van der Waals surface area contributed by atoms with Gasteiger partial charge in [-0.3, -0.25) is 0 Å². The monoisotopic (exact) mass is 257 g/mol. The smallest absolute Gasteiger partial charge is 0.159 e. The summed E-state index contributed by atoms with van der Waals surface area (Å²) in [7, 11) is 1.68. The second kappa shape index (κ2) is 6.25. The lowest BCUT2D eigenvalue weighted by Gasteiger charge is -2.24. The van der Waals surface area contributed by atoms with Crippen molar-refractivity contribution in [2.45, 2.75) is 38.8 Å². The van der Waals surface area contributed by atoms with E-state index in [1.165, 1.54) is 6.07 Å². The number of nitrogens with one attached hydrogen (secondary N) is 1. The van der Waals surface area contributed by atoms with Crippen molar-refractivity contribution in [3.8, 4) is 0 Å². The Labute approximate surface area is 107 Å². The van der Waals surface area contributed by atoms with E-state index in [4.69, 9.17) is 4.74 Å². The summed E-state index contributed by atoms with van der Waals surface area (Å²) in [6, 6.07) is 3.96. The number of rotatable bonds is 6. The Hall–Kier alpha value is -1.00. The minimum absolute atomic E-state index is 0.0206. The van der Waals surface area contributed by atoms with E-state index in [0.717, 1.165) is 24.6 Å². The van der Waals surface area contributed by atoms with Crippen LogP contribution in [-0.4, -0.2) is 19.3 Å². The van der Waals surface area contributed by atoms with Crippen molar-refractivity contribution in [3.63, 3.8) is 0 Å². The number of halogens is 2. The van der Waals surface area contributed by atoms with Gasteiger partial charge >= 0.3 is 0 Å². The Morgan fingerprint density at radius 3 is 2.50 bits per heavy atom. The quantitative estimate of drug-likeness (QED) is 0.843. The van der Waals surface area contributed by atoms with E-state index >= 15 is 0 Å². The lowest BCUT2D eigenvalue weighted by molar-refractivity contribution is 0.0154. The molecule has 0 saturated heterocycles. The minimum atomic E-state index is -0.813. The van der Waals surface area contributed by atoms with E-state index in [9.17, 15) is 8.78 Å². The molecule has 102 valence electrons. The summed E-state index contributed by atoms with van der Waals surface area (Å²) < 4.78 is 31.2. The average molecular weight is 257 g/mol. The summed E-state index contributed by atoms with van der Waals surface area (Å²) in [5.74, 6) is -1.62. The molecule has 1 aromatic carbocycles. The second-order valence-electron chi connectivity index (χ2n) is 5.06. The highest BCUT2D eigenvalue weighted by atomic mass is 19.2. The fourth-order valence-corrected chi connectivity index (χ4v) is 1.59. The SMILES string of the molecule is COC(C)(C)CCNC(C)c1ccc(F)c(F)c1. The molecule has 1 rings (SSSR count). The van der Waals surface area contributed by atoms with Crippen LogP contribution in [0.25, 0.3) is 0 Å². The number of benzene rings is 1. The highest BCUT2D eigenvalue weighted by Crippen LogP contribution is 2.17. The number of ether oxygens (including phenoxy) is 1. The first kappa shape index (κ1) is 15.1. The van der Waals surface area contributed by atoms with Crippen LogP contribution in [0.15, 0.2) is 18.2 Å². The summed E-state index contributed by atoms with van der Waals surface area (Å²) in [4.78, 5) is 0. The zero-order valence-corrected chi connectivity index (χ0v) is 11.4. The van der Waals surface area contributed by atoms with Gasteiger partial charge in [0, 0.05) is 13.2 Å². The molecule has 0 heterocycles. The third-order valence-corrected chi connectivity index (χ3v) is 3.17. The van der Waals surface area contributed by atoms with Crippen LogP contribution in [-0.2, 0) is 4.74 Å². The van der Waals surface area contributed by atoms with Crippen LogP contribution in [0.3, 0.4) is 0 Å². The van der Waals surface area contributed by atoms with Gasteiger partial charge in [0.25, 0.3) is 0 Å². The van der Waals surface area contributed by atoms with Gasteiger partial charge in [0.05, 0.1) is 5.60 Å². The maximum absolute atomic E-state index is 13.1. The van der Waals surface area contributed by atoms with Crippen molar-refractivity contribution in [1.29, 1.82) is 0 Å². The molecule has 1 aromatic rings. The van der Waals surface area contributed by atoms with Gasteiger partial charge in [-0.05, 0) is 51.4 Å². The van der Waals surface area contributed by atoms with Crippen molar-refractivity contribution in [2.75, 3.05) is 13.7 Å². The highest BCUT2D eigenvalue weighted by Gasteiger charge is 2.16. The average Bonchev–Trinajstić information content (AvgIpc) is 2.32. The topological polar surface area (TPSA) is 21.3 Å². The Morgan fingerprint density at radius 1 is 1.28 bits per heavy atom. The van der Waals surface area contributed by atoms with Crippen molar-refractivity contribution < 1.29 is 13.5 Å². The number of hydrogen-bond donors (Lipinski definition) is 1. The lowest BCUT2D eigenvalue weighted by Crippen LogP contribution is -2.30. The molecular formula is C14H21F2NO. The Kier molecular flexibility index (Phi) is 5.23. The maximum atomic E-state index is 13.1. The first-order valence-corrected chi connectivity index (χ1v) is 6.09. The van der Waals surface area contributed by atoms with E-state index in [0.29, 0.717) is 0 Å². The molecule has 0 spiro atoms. The summed E-state index contributed by atoms with van der Waals surface area (Å²) in [6.07, 6.45) is 0.845. The third kappa shape index (κ3) is 4.35. The number of hydrogen-bond acceptors (Lipinski definition) is 2. The zero-order chi connectivity index (χ0) is 13.8. The van der Waals surface area contributed by atoms with E-state index in [2.05, 4.69) is 5.32 Å². The lowest BCUT2D eigenvalue weighted by atomic mass is 10.0. The predicted molar refractivity (Wildman–Crippen MR) is 68.5 cm³/mol. The summed E-state index contributed by atoms with van der Waals surface area (Å²) in [5, 5.41) is 3.27. The van der Waals surface area contributed by atoms with Gasteiger partial charge in [-0.25, -0.2) is 8.78 Å². The molecule has 0 aliphatic heterocycles. The minimum Gasteiger partial charge on any atom is -0.379 e. The molecule has 1 N–H and O–H groups in total. The van der Waals surface area contributed by atoms with Crippen LogP contribution < -0.4 is 5.32 Å². The molecule has 0 radical (unpaired) electrons. The standard InChI is InChI=1S/C14H21F2NO/c1-10(17-8-7-14(2,3)18-4)11-5-6-12(15)13(16)9-11/h5-6,9-10,17H,7-8H2,1-4H3. The number of methoxy groups -OCH3 is 1. The van der Waals surface area contributed by atoms with Crippen molar-refractivity contribution >= 4 is 0 Å². The molecule has 18 heavy (non-hydrogen) atoms. The largest absolute Gasteiger partial charge is 0.379 e. The summed E-state index contributed by atoms with van der Waals surface area (Å²) in [5.41, 5.74) is 0.560. The molecule has 1 atom stereocenters. The van der Waals surface area contributed by atoms with Gasteiger partial charge in [-0.2, -0.15) is 0 Å². The van der Waals surface area contributed by atoms with Crippen molar-refractivity contribution in [2.24, 2.45) is 0 Å². The molecule has 0 amide bonds. The van der Waals surface area contributed by atoms with E-state index in [1.54, 1.807) is 13.2 Å². The molecule has 0 bridgehead atoms. The Morgan fingerprint density at radius 2 is 1.94 bits per heavy atom. The first-order valence-electron chi connectivity index (χ1n) is 6.09. The van der Waals surface area contributed by atoms with Gasteiger partial charge in [0.1, 0.15) is 0 Å². The second-order valence-corrected chi connectivity index (χ2v) is 5.06. The van der Waals surface area contributed by atoms with Gasteiger partial charge < -0.3 is 10.1 Å². The third-order valence-electron chi connectivity index (χ3n) is 3.17. The van der Waals surface area contributed by atoms with Gasteiger partial charge in [0.2, 0.25) is 0 Å². The van der Waals surface area contributed by atoms with E-state index in [1.807, 2.05) is 20.8 Å². The molecular weight excluding hydrogens is 236 g/mol. The molecule has 0 aliphatic rings. The molecule has 4 heteroatoms. The fourth-order valence-electron chi connectivity index (χ4n) is 1.59. The molecule has 2 nitrogen and oxygen atoms in total. The van der Waals surface area contributed by atoms with E-state index < -0.39 is 11.6 Å². The first-order chi connectivity index (χ1) is 8.35. The van der Waals surface area contributed by atoms with Crippen LogP contribution in [0.1, 0.15) is 38.8 Å². The zero-order valence-electron chi connectivity index (χ0n) is 11.4. The van der Waals surface area contributed by atoms with Crippen LogP contribution in [0.5, 0.6) is 0 Å². The molecule has 0 aromatic heterocycles. The summed E-state index contributed by atoms with van der Waals surface area (Å²) in [6.45, 7) is 6.70. The Bertz CT molecular complexity index is 393. The predicted octanol–water partition coefficient (Wildman–Crippen LogP) is 3.43. The normalized spacial score (nSPS) is 13.7. The van der Waals surface area contributed by atoms with Crippen LogP contribution >= 0.6 is 0 Å². The van der Waals surface area contributed by atoms with Crippen LogP contribution in [0.2, 0.25) is 0 Å². The molecule has 0 saturated carbocycles.